The summed E-state index contributed by atoms with van der Waals surface area (Å²) >= 11 is 6.01. The third-order valence-corrected chi connectivity index (χ3v) is 3.86. The van der Waals surface area contributed by atoms with Crippen LogP contribution in [0.25, 0.3) is 0 Å². The van der Waals surface area contributed by atoms with Crippen molar-refractivity contribution in [3.05, 3.63) is 53.1 Å². The van der Waals surface area contributed by atoms with Crippen LogP contribution in [-0.2, 0) is 9.53 Å². The first-order valence-electron chi connectivity index (χ1n) is 7.74. The van der Waals surface area contributed by atoms with Gasteiger partial charge in [-0.05, 0) is 37.3 Å². The lowest BCUT2D eigenvalue weighted by Gasteiger charge is -2.25. The van der Waals surface area contributed by atoms with Crippen LogP contribution in [0.3, 0.4) is 0 Å². The number of carbonyl (C=O) groups excluding carboxylic acids is 2. The molecule has 2 aromatic carbocycles. The lowest BCUT2D eigenvalue weighted by molar-refractivity contribution is -0.125. The highest BCUT2D eigenvalue weighted by atomic mass is 35.5. The topological polar surface area (TPSA) is 73.9 Å². The fourth-order valence-corrected chi connectivity index (χ4v) is 2.53. The van der Waals surface area contributed by atoms with E-state index in [1.54, 1.807) is 31.2 Å². The number of amides is 1. The molecule has 0 fully saturated rings. The van der Waals surface area contributed by atoms with E-state index >= 15 is 0 Å². The molecule has 1 amide bonds. The van der Waals surface area contributed by atoms with Crippen LogP contribution >= 0.6 is 11.6 Å². The van der Waals surface area contributed by atoms with Crippen molar-refractivity contribution in [3.63, 3.8) is 0 Å². The number of halogens is 1. The Morgan fingerprint density at radius 2 is 2.00 bits per heavy atom. The van der Waals surface area contributed by atoms with Crippen LogP contribution in [-0.4, -0.2) is 31.2 Å². The van der Waals surface area contributed by atoms with Crippen molar-refractivity contribution >= 4 is 29.2 Å². The van der Waals surface area contributed by atoms with Crippen molar-refractivity contribution in [2.75, 3.05) is 18.5 Å². The second kappa shape index (κ2) is 7.44. The Bertz CT molecular complexity index is 808. The van der Waals surface area contributed by atoms with E-state index in [0.717, 1.165) is 0 Å². The van der Waals surface area contributed by atoms with Gasteiger partial charge in [0.15, 0.2) is 11.5 Å². The normalized spacial score (nSPS) is 15.4. The zero-order valence-electron chi connectivity index (χ0n) is 13.5. The number of benzene rings is 2. The number of esters is 1. The number of para-hydroxylation sites is 2. The molecule has 0 aromatic heterocycles. The zero-order valence-corrected chi connectivity index (χ0v) is 14.2. The highest BCUT2D eigenvalue weighted by Crippen LogP contribution is 2.31. The molecular weight excluding hydrogens is 346 g/mol. The summed E-state index contributed by atoms with van der Waals surface area (Å²) in [6.45, 7) is 2.04. The van der Waals surface area contributed by atoms with Gasteiger partial charge in [0.05, 0.1) is 17.2 Å². The predicted octanol–water partition coefficient (Wildman–Crippen LogP) is 3.30. The number of nitrogens with one attached hydrogen (secondary N) is 1. The molecule has 25 heavy (non-hydrogen) atoms. The summed E-state index contributed by atoms with van der Waals surface area (Å²) in [7, 11) is 0. The van der Waals surface area contributed by atoms with Gasteiger partial charge in [-0.1, -0.05) is 23.7 Å². The number of ether oxygens (including phenoxy) is 3. The molecule has 0 aliphatic carbocycles. The van der Waals surface area contributed by atoms with Gasteiger partial charge >= 0.3 is 5.97 Å². The summed E-state index contributed by atoms with van der Waals surface area (Å²) in [5, 5.41) is 2.95. The minimum absolute atomic E-state index is 0.0984. The van der Waals surface area contributed by atoms with Crippen molar-refractivity contribution in [3.8, 4) is 11.5 Å². The van der Waals surface area contributed by atoms with Gasteiger partial charge < -0.3 is 19.5 Å². The first-order valence-corrected chi connectivity index (χ1v) is 8.12. The number of hydrogen-bond donors (Lipinski definition) is 1. The van der Waals surface area contributed by atoms with Crippen LogP contribution in [0.2, 0.25) is 5.02 Å². The zero-order chi connectivity index (χ0) is 17.8. The van der Waals surface area contributed by atoms with Crippen LogP contribution in [0.15, 0.2) is 42.5 Å². The molecule has 7 heteroatoms. The Morgan fingerprint density at radius 1 is 1.24 bits per heavy atom. The van der Waals surface area contributed by atoms with Crippen molar-refractivity contribution in [2.45, 2.75) is 13.0 Å². The fourth-order valence-electron chi connectivity index (χ4n) is 2.34. The van der Waals surface area contributed by atoms with E-state index in [4.69, 9.17) is 25.8 Å². The Morgan fingerprint density at radius 3 is 2.76 bits per heavy atom. The third kappa shape index (κ3) is 3.85. The third-order valence-electron chi connectivity index (χ3n) is 3.53. The number of fused-ring (bicyclic) bond motifs is 1. The van der Waals surface area contributed by atoms with Gasteiger partial charge in [0, 0.05) is 5.69 Å². The molecule has 0 saturated heterocycles. The standard InChI is InChI=1S/C18H16ClNO5/c1-2-23-18(22)12-9-11(7-8-13(12)19)20-17(21)16-10-24-14-5-3-4-6-15(14)25-16/h3-9,16H,2,10H2,1H3,(H,20,21)/t16-/m1/s1. The fraction of sp³-hybridized carbons (Fsp3) is 0.222. The Kier molecular flexibility index (Phi) is 5.09. The van der Waals surface area contributed by atoms with Crippen LogP contribution in [0.1, 0.15) is 17.3 Å². The van der Waals surface area contributed by atoms with Gasteiger partial charge in [0.1, 0.15) is 6.61 Å². The summed E-state index contributed by atoms with van der Waals surface area (Å²) < 4.78 is 16.1. The summed E-state index contributed by atoms with van der Waals surface area (Å²) in [5.74, 6) is 0.182. The molecule has 2 aromatic rings. The second-order valence-electron chi connectivity index (χ2n) is 5.27. The molecule has 0 saturated carbocycles. The van der Waals surface area contributed by atoms with Gasteiger partial charge in [-0.2, -0.15) is 0 Å². The average molecular weight is 362 g/mol. The molecule has 3 rings (SSSR count). The lowest BCUT2D eigenvalue weighted by Crippen LogP contribution is -2.40. The molecule has 130 valence electrons. The molecular formula is C18H16ClNO5. The summed E-state index contributed by atoms with van der Waals surface area (Å²) in [6.07, 6.45) is -0.795. The molecule has 0 spiro atoms. The van der Waals surface area contributed by atoms with E-state index in [1.807, 2.05) is 6.07 Å². The molecule has 1 atom stereocenters. The Hall–Kier alpha value is -2.73. The van der Waals surface area contributed by atoms with Crippen LogP contribution in [0.5, 0.6) is 11.5 Å². The van der Waals surface area contributed by atoms with E-state index in [-0.39, 0.29) is 29.7 Å². The molecule has 1 N–H and O–H groups in total. The van der Waals surface area contributed by atoms with Crippen LogP contribution in [0.4, 0.5) is 5.69 Å². The van der Waals surface area contributed by atoms with E-state index in [9.17, 15) is 9.59 Å². The highest BCUT2D eigenvalue weighted by Gasteiger charge is 2.27. The van der Waals surface area contributed by atoms with E-state index < -0.39 is 12.1 Å². The van der Waals surface area contributed by atoms with E-state index in [2.05, 4.69) is 5.32 Å². The van der Waals surface area contributed by atoms with Crippen LogP contribution < -0.4 is 14.8 Å². The second-order valence-corrected chi connectivity index (χ2v) is 5.68. The maximum Gasteiger partial charge on any atom is 0.339 e. The molecule has 1 heterocycles. The molecule has 0 bridgehead atoms. The monoisotopic (exact) mass is 361 g/mol. The van der Waals surface area contributed by atoms with Gasteiger partial charge in [-0.15, -0.1) is 0 Å². The summed E-state index contributed by atoms with van der Waals surface area (Å²) in [5.41, 5.74) is 0.604. The summed E-state index contributed by atoms with van der Waals surface area (Å²) in [4.78, 5) is 24.3. The van der Waals surface area contributed by atoms with Crippen molar-refractivity contribution in [1.29, 1.82) is 0 Å². The first-order chi connectivity index (χ1) is 12.1. The minimum Gasteiger partial charge on any atom is -0.485 e. The molecule has 1 aliphatic rings. The number of hydrogen-bond acceptors (Lipinski definition) is 5. The maximum absolute atomic E-state index is 12.4. The highest BCUT2D eigenvalue weighted by molar-refractivity contribution is 6.33. The van der Waals surface area contributed by atoms with Crippen molar-refractivity contribution in [2.24, 2.45) is 0 Å². The van der Waals surface area contributed by atoms with Gasteiger partial charge in [0.2, 0.25) is 6.10 Å². The number of carbonyl (C=O) groups is 2. The van der Waals surface area contributed by atoms with Crippen molar-refractivity contribution in [1.82, 2.24) is 0 Å². The number of rotatable bonds is 4. The lowest BCUT2D eigenvalue weighted by atomic mass is 10.2. The van der Waals surface area contributed by atoms with Crippen molar-refractivity contribution < 1.29 is 23.8 Å². The largest absolute Gasteiger partial charge is 0.485 e. The quantitative estimate of drug-likeness (QED) is 0.846. The Balaban J connectivity index is 1.71. The molecule has 1 aliphatic heterocycles. The molecule has 0 unspecified atom stereocenters. The van der Waals surface area contributed by atoms with E-state index in [0.29, 0.717) is 17.2 Å². The summed E-state index contributed by atoms with van der Waals surface area (Å²) in [6, 6.07) is 11.7. The average Bonchev–Trinajstić information content (AvgIpc) is 2.63. The van der Waals surface area contributed by atoms with E-state index in [1.165, 1.54) is 12.1 Å². The Labute approximate surface area is 149 Å². The molecule has 0 radical (unpaired) electrons. The van der Waals surface area contributed by atoms with Crippen LogP contribution in [0, 0.1) is 0 Å². The van der Waals surface area contributed by atoms with Gasteiger partial charge in [-0.3, -0.25) is 4.79 Å². The maximum atomic E-state index is 12.4. The minimum atomic E-state index is -0.795. The van der Waals surface area contributed by atoms with Gasteiger partial charge in [0.25, 0.3) is 5.91 Å². The SMILES string of the molecule is CCOC(=O)c1cc(NC(=O)[C@H]2COc3ccccc3O2)ccc1Cl. The molecule has 6 nitrogen and oxygen atoms in total. The first kappa shape index (κ1) is 17.1. The number of anilines is 1. The smallest absolute Gasteiger partial charge is 0.339 e. The predicted molar refractivity (Wildman–Crippen MR) is 92.4 cm³/mol. The van der Waals surface area contributed by atoms with Gasteiger partial charge in [-0.25, -0.2) is 4.79 Å².